The predicted octanol–water partition coefficient (Wildman–Crippen LogP) is 6.60. The van der Waals surface area contributed by atoms with Gasteiger partial charge in [0.1, 0.15) is 5.03 Å². The lowest BCUT2D eigenvalue weighted by Gasteiger charge is -2.64. The van der Waals surface area contributed by atoms with E-state index < -0.39 is 0 Å². The SMILES string of the molecule is CC.CN1C(=O)CC[C@]2(C)C3CC[C@@]4(C)C(CC[C@@H]4C(=O)Sc4ccccn4)C3CC3(CC3)C12. The van der Waals surface area contributed by atoms with Gasteiger partial charge in [-0.15, -0.1) is 0 Å². The maximum atomic E-state index is 13.4. The minimum absolute atomic E-state index is 0.121. The topological polar surface area (TPSA) is 50.3 Å². The van der Waals surface area contributed by atoms with Crippen LogP contribution in [-0.2, 0) is 9.59 Å². The highest BCUT2D eigenvalue weighted by atomic mass is 32.2. The molecule has 1 aliphatic heterocycles. The molecule has 7 atom stereocenters. The second kappa shape index (κ2) is 8.64. The first kappa shape index (κ1) is 24.3. The zero-order valence-corrected chi connectivity index (χ0v) is 22.5. The van der Waals surface area contributed by atoms with Crippen LogP contribution in [0.4, 0.5) is 0 Å². The Morgan fingerprint density at radius 3 is 2.44 bits per heavy atom. The Kier molecular flexibility index (Phi) is 6.18. The van der Waals surface area contributed by atoms with Crippen molar-refractivity contribution in [3.63, 3.8) is 0 Å². The average molecular weight is 483 g/mol. The van der Waals surface area contributed by atoms with E-state index in [1.54, 1.807) is 6.20 Å². The summed E-state index contributed by atoms with van der Waals surface area (Å²) in [4.78, 5) is 32.6. The van der Waals surface area contributed by atoms with Gasteiger partial charge in [-0.2, -0.15) is 0 Å². The van der Waals surface area contributed by atoms with Crippen LogP contribution in [0, 0.1) is 39.9 Å². The monoisotopic (exact) mass is 482 g/mol. The van der Waals surface area contributed by atoms with E-state index in [4.69, 9.17) is 0 Å². The predicted molar refractivity (Wildman–Crippen MR) is 137 cm³/mol. The molecular formula is C29H42N2O2S. The van der Waals surface area contributed by atoms with E-state index in [9.17, 15) is 9.59 Å². The average Bonchev–Trinajstić information content (AvgIpc) is 3.49. The molecule has 0 bridgehead atoms. The molecule has 4 aliphatic carbocycles. The number of amides is 1. The first-order valence-corrected chi connectivity index (χ1v) is 14.5. The summed E-state index contributed by atoms with van der Waals surface area (Å²) in [6.07, 6.45) is 12.0. The molecule has 6 rings (SSSR count). The fraction of sp³-hybridized carbons (Fsp3) is 0.759. The minimum Gasteiger partial charge on any atom is -0.342 e. The molecule has 1 saturated heterocycles. The summed E-state index contributed by atoms with van der Waals surface area (Å²) in [5.74, 6) is 2.58. The molecular weight excluding hydrogens is 440 g/mol. The summed E-state index contributed by atoms with van der Waals surface area (Å²) in [6.45, 7) is 8.96. The molecule has 186 valence electrons. The van der Waals surface area contributed by atoms with Crippen molar-refractivity contribution in [2.75, 3.05) is 7.05 Å². The lowest BCUT2D eigenvalue weighted by atomic mass is 9.44. The highest BCUT2D eigenvalue weighted by Crippen LogP contribution is 2.73. The third-order valence-electron chi connectivity index (χ3n) is 10.8. The fourth-order valence-corrected chi connectivity index (χ4v) is 10.3. The number of hydrogen-bond donors (Lipinski definition) is 0. The Labute approximate surface area is 210 Å². The number of nitrogens with zero attached hydrogens (tertiary/aromatic N) is 2. The Bertz CT molecular complexity index is 947. The van der Waals surface area contributed by atoms with E-state index in [0.29, 0.717) is 40.7 Å². The van der Waals surface area contributed by atoms with Crippen LogP contribution in [0.3, 0.4) is 0 Å². The number of likely N-dealkylation sites (tertiary alicyclic amines) is 1. The summed E-state index contributed by atoms with van der Waals surface area (Å²) in [6, 6.07) is 6.26. The number of aromatic nitrogens is 1. The van der Waals surface area contributed by atoms with Gasteiger partial charge in [-0.05, 0) is 109 Å². The normalized spacial score (nSPS) is 41.6. The first-order valence-electron chi connectivity index (χ1n) is 13.7. The lowest BCUT2D eigenvalue weighted by Crippen LogP contribution is -2.65. The van der Waals surface area contributed by atoms with Crippen LogP contribution < -0.4 is 0 Å². The molecule has 1 spiro atoms. The van der Waals surface area contributed by atoms with Gasteiger partial charge in [0.2, 0.25) is 5.91 Å². The third-order valence-corrected chi connectivity index (χ3v) is 11.7. The zero-order chi connectivity index (χ0) is 24.3. The van der Waals surface area contributed by atoms with E-state index in [0.717, 1.165) is 30.2 Å². The van der Waals surface area contributed by atoms with Crippen molar-refractivity contribution in [1.82, 2.24) is 9.88 Å². The second-order valence-corrected chi connectivity index (χ2v) is 13.1. The van der Waals surface area contributed by atoms with Crippen LogP contribution in [0.25, 0.3) is 0 Å². The van der Waals surface area contributed by atoms with Gasteiger partial charge in [-0.1, -0.05) is 33.8 Å². The largest absolute Gasteiger partial charge is 0.342 e. The van der Waals surface area contributed by atoms with Crippen molar-refractivity contribution in [2.24, 2.45) is 39.9 Å². The Morgan fingerprint density at radius 1 is 1.03 bits per heavy atom. The summed E-state index contributed by atoms with van der Waals surface area (Å²) >= 11 is 1.36. The Balaban J connectivity index is 0.00000117. The van der Waals surface area contributed by atoms with Crippen LogP contribution in [0.1, 0.15) is 85.5 Å². The van der Waals surface area contributed by atoms with E-state index in [2.05, 4.69) is 30.8 Å². The molecule has 5 heteroatoms. The van der Waals surface area contributed by atoms with Crippen molar-refractivity contribution in [3.8, 4) is 0 Å². The number of hydrogen-bond acceptors (Lipinski definition) is 4. The number of thioether (sulfide) groups is 1. The maximum absolute atomic E-state index is 13.4. The summed E-state index contributed by atoms with van der Waals surface area (Å²) in [5, 5.41) is 1.16. The highest BCUT2D eigenvalue weighted by Gasteiger charge is 2.70. The molecule has 5 fully saturated rings. The van der Waals surface area contributed by atoms with Crippen molar-refractivity contribution in [3.05, 3.63) is 24.4 Å². The standard InChI is InChI=1S/C27H36N2O2S.C2H6/c1-25-11-9-19-17(16-27(13-14-27)24-26(19,2)12-10-22(30)29(24)3)18(25)7-8-20(25)23(31)32-21-6-4-5-15-28-21;1-2/h4-6,15,17-20,24H,7-14,16H2,1-3H3;1-2H3/t17?,18?,19?,20-,24?,25+,26-;/m1./s1. The summed E-state index contributed by atoms with van der Waals surface area (Å²) < 4.78 is 0. The number of fused-ring (bicyclic) bond motifs is 6. The molecule has 1 amide bonds. The van der Waals surface area contributed by atoms with Crippen molar-refractivity contribution >= 4 is 22.8 Å². The number of rotatable bonds is 2. The number of piperidine rings is 1. The number of carbonyl (C=O) groups excluding carboxylic acids is 2. The van der Waals surface area contributed by atoms with Gasteiger partial charge in [0.15, 0.2) is 5.12 Å². The van der Waals surface area contributed by atoms with Gasteiger partial charge in [0.25, 0.3) is 0 Å². The molecule has 4 saturated carbocycles. The van der Waals surface area contributed by atoms with Crippen LogP contribution in [0.5, 0.6) is 0 Å². The maximum Gasteiger partial charge on any atom is 0.222 e. The molecule has 0 aromatic carbocycles. The van der Waals surface area contributed by atoms with E-state index >= 15 is 0 Å². The number of pyridine rings is 1. The minimum atomic E-state index is 0.121. The van der Waals surface area contributed by atoms with Gasteiger partial charge in [0.05, 0.1) is 0 Å². The Hall–Kier alpha value is -1.36. The lowest BCUT2D eigenvalue weighted by molar-refractivity contribution is -0.173. The van der Waals surface area contributed by atoms with Gasteiger partial charge in [-0.25, -0.2) is 4.98 Å². The highest BCUT2D eigenvalue weighted by molar-refractivity contribution is 8.13. The van der Waals surface area contributed by atoms with Crippen LogP contribution in [0.2, 0.25) is 0 Å². The molecule has 0 N–H and O–H groups in total. The molecule has 1 aromatic heterocycles. The van der Waals surface area contributed by atoms with Crippen LogP contribution >= 0.6 is 11.8 Å². The molecule has 0 radical (unpaired) electrons. The van der Waals surface area contributed by atoms with Crippen molar-refractivity contribution in [1.29, 1.82) is 0 Å². The molecule has 4 unspecified atom stereocenters. The van der Waals surface area contributed by atoms with Crippen molar-refractivity contribution in [2.45, 2.75) is 96.6 Å². The van der Waals surface area contributed by atoms with Gasteiger partial charge < -0.3 is 4.90 Å². The Morgan fingerprint density at radius 2 is 1.76 bits per heavy atom. The smallest absolute Gasteiger partial charge is 0.222 e. The van der Waals surface area contributed by atoms with Gasteiger partial charge in [0, 0.05) is 31.6 Å². The van der Waals surface area contributed by atoms with Gasteiger partial charge in [-0.3, -0.25) is 9.59 Å². The zero-order valence-electron chi connectivity index (χ0n) is 21.7. The molecule has 5 aliphatic rings. The third kappa shape index (κ3) is 3.50. The van der Waals surface area contributed by atoms with Gasteiger partial charge >= 0.3 is 0 Å². The summed E-state index contributed by atoms with van der Waals surface area (Å²) in [7, 11) is 2.08. The van der Waals surface area contributed by atoms with E-state index in [-0.39, 0.29) is 16.7 Å². The molecule has 1 aromatic rings. The quantitative estimate of drug-likeness (QED) is 0.446. The molecule has 2 heterocycles. The number of carbonyl (C=O) groups is 2. The molecule has 4 nitrogen and oxygen atoms in total. The fourth-order valence-electron chi connectivity index (χ4n) is 9.35. The summed E-state index contributed by atoms with van der Waals surface area (Å²) in [5.41, 5.74) is 0.716. The van der Waals surface area contributed by atoms with Crippen LogP contribution in [0.15, 0.2) is 29.4 Å². The van der Waals surface area contributed by atoms with Crippen LogP contribution in [-0.4, -0.2) is 34.0 Å². The van der Waals surface area contributed by atoms with E-state index in [1.165, 1.54) is 43.9 Å². The molecule has 34 heavy (non-hydrogen) atoms. The van der Waals surface area contributed by atoms with E-state index in [1.807, 2.05) is 32.0 Å². The van der Waals surface area contributed by atoms with Crippen molar-refractivity contribution < 1.29 is 9.59 Å². The first-order chi connectivity index (χ1) is 16.3. The second-order valence-electron chi connectivity index (χ2n) is 12.1.